The number of anilines is 1. The lowest BCUT2D eigenvalue weighted by atomic mass is 9.88. The van der Waals surface area contributed by atoms with Crippen molar-refractivity contribution in [2.24, 2.45) is 5.92 Å². The van der Waals surface area contributed by atoms with Crippen molar-refractivity contribution in [1.82, 2.24) is 4.98 Å². The van der Waals surface area contributed by atoms with Crippen molar-refractivity contribution in [1.29, 1.82) is 0 Å². The second-order valence-corrected chi connectivity index (χ2v) is 5.65. The maximum absolute atomic E-state index is 12.4. The fraction of sp³-hybridized carbons (Fsp3) is 0.412. The molecule has 0 spiro atoms. The molecule has 104 valence electrons. The average molecular weight is 268 g/mol. The van der Waals surface area contributed by atoms with Gasteiger partial charge in [-0.2, -0.15) is 0 Å². The molecular weight excluding hydrogens is 248 g/mol. The number of pyridine rings is 1. The van der Waals surface area contributed by atoms with Gasteiger partial charge in [0.25, 0.3) is 0 Å². The van der Waals surface area contributed by atoms with Crippen LogP contribution in [0.15, 0.2) is 30.3 Å². The molecule has 1 aliphatic carbocycles. The molecule has 2 aromatic rings. The Balaban J connectivity index is 1.88. The van der Waals surface area contributed by atoms with E-state index in [9.17, 15) is 4.79 Å². The number of nitrogens with one attached hydrogen (secondary N) is 1. The van der Waals surface area contributed by atoms with Gasteiger partial charge < -0.3 is 5.32 Å². The molecule has 1 aromatic heterocycles. The molecule has 3 nitrogen and oxygen atoms in total. The number of nitrogens with zero attached hydrogens (tertiary/aromatic N) is 1. The lowest BCUT2D eigenvalue weighted by molar-refractivity contribution is -0.120. The topological polar surface area (TPSA) is 42.0 Å². The molecule has 1 amide bonds. The van der Waals surface area contributed by atoms with Crippen molar-refractivity contribution in [2.45, 2.75) is 39.0 Å². The van der Waals surface area contributed by atoms with E-state index in [1.165, 1.54) is 19.3 Å². The highest BCUT2D eigenvalue weighted by molar-refractivity contribution is 6.01. The van der Waals surface area contributed by atoms with Crippen LogP contribution in [0.2, 0.25) is 0 Å². The summed E-state index contributed by atoms with van der Waals surface area (Å²) < 4.78 is 0. The van der Waals surface area contributed by atoms with Crippen molar-refractivity contribution in [2.75, 3.05) is 5.32 Å². The van der Waals surface area contributed by atoms with Crippen molar-refractivity contribution < 1.29 is 4.79 Å². The van der Waals surface area contributed by atoms with E-state index in [4.69, 9.17) is 0 Å². The summed E-state index contributed by atoms with van der Waals surface area (Å²) >= 11 is 0. The Morgan fingerprint density at radius 1 is 1.20 bits per heavy atom. The van der Waals surface area contributed by atoms with Crippen LogP contribution in [0.25, 0.3) is 10.9 Å². The number of aromatic nitrogens is 1. The summed E-state index contributed by atoms with van der Waals surface area (Å²) in [6.07, 6.45) is 5.66. The van der Waals surface area contributed by atoms with Gasteiger partial charge in [0.2, 0.25) is 5.91 Å². The molecule has 1 aromatic carbocycles. The van der Waals surface area contributed by atoms with E-state index in [0.29, 0.717) is 0 Å². The van der Waals surface area contributed by atoms with Crippen LogP contribution in [0.5, 0.6) is 0 Å². The zero-order chi connectivity index (χ0) is 13.9. The van der Waals surface area contributed by atoms with Crippen molar-refractivity contribution >= 4 is 22.5 Å². The molecule has 0 atom stereocenters. The van der Waals surface area contributed by atoms with Crippen LogP contribution in [0.3, 0.4) is 0 Å². The molecule has 3 rings (SSSR count). The van der Waals surface area contributed by atoms with Gasteiger partial charge in [-0.15, -0.1) is 0 Å². The molecule has 0 aliphatic heterocycles. The fourth-order valence-corrected chi connectivity index (χ4v) is 3.01. The zero-order valence-corrected chi connectivity index (χ0v) is 11.9. The summed E-state index contributed by atoms with van der Waals surface area (Å²) in [7, 11) is 0. The lowest BCUT2D eigenvalue weighted by Gasteiger charge is -2.21. The number of carbonyl (C=O) groups excluding carboxylic acids is 1. The number of para-hydroxylation sites is 1. The summed E-state index contributed by atoms with van der Waals surface area (Å²) in [5.74, 6) is 0.344. The number of hydrogen-bond acceptors (Lipinski definition) is 2. The summed E-state index contributed by atoms with van der Waals surface area (Å²) in [5, 5.41) is 4.13. The minimum absolute atomic E-state index is 0.167. The number of carbonyl (C=O) groups is 1. The molecular formula is C17H20N2O. The van der Waals surface area contributed by atoms with Gasteiger partial charge in [0.05, 0.1) is 11.2 Å². The molecule has 1 N–H and O–H groups in total. The largest absolute Gasteiger partial charge is 0.325 e. The standard InChI is InChI=1S/C17H20N2O/c1-12-11-16(14-9-5-6-10-15(14)18-12)19-17(20)13-7-3-2-4-8-13/h5-6,9-11,13H,2-4,7-8H2,1H3,(H,18,19,20). The summed E-state index contributed by atoms with van der Waals surface area (Å²) in [5.41, 5.74) is 2.76. The first-order valence-electron chi connectivity index (χ1n) is 7.41. The first-order valence-corrected chi connectivity index (χ1v) is 7.41. The fourth-order valence-electron chi connectivity index (χ4n) is 3.01. The summed E-state index contributed by atoms with van der Waals surface area (Å²) in [6, 6.07) is 9.91. The summed E-state index contributed by atoms with van der Waals surface area (Å²) in [6.45, 7) is 1.96. The molecule has 0 unspecified atom stereocenters. The number of amides is 1. The van der Waals surface area contributed by atoms with Gasteiger partial charge >= 0.3 is 0 Å². The maximum Gasteiger partial charge on any atom is 0.227 e. The minimum Gasteiger partial charge on any atom is -0.325 e. The molecule has 1 saturated carbocycles. The molecule has 0 saturated heterocycles. The number of aryl methyl sites for hydroxylation is 1. The normalized spacial score (nSPS) is 16.2. The molecule has 20 heavy (non-hydrogen) atoms. The minimum atomic E-state index is 0.167. The van der Waals surface area contributed by atoms with Crippen molar-refractivity contribution in [3.8, 4) is 0 Å². The number of rotatable bonds is 2. The van der Waals surface area contributed by atoms with Gasteiger partial charge in [0.15, 0.2) is 0 Å². The van der Waals surface area contributed by atoms with Crippen molar-refractivity contribution in [3.63, 3.8) is 0 Å². The highest BCUT2D eigenvalue weighted by atomic mass is 16.1. The van der Waals surface area contributed by atoms with E-state index in [-0.39, 0.29) is 11.8 Å². The van der Waals surface area contributed by atoms with Crippen LogP contribution in [0.4, 0.5) is 5.69 Å². The van der Waals surface area contributed by atoms with Crippen molar-refractivity contribution in [3.05, 3.63) is 36.0 Å². The monoisotopic (exact) mass is 268 g/mol. The Morgan fingerprint density at radius 2 is 1.95 bits per heavy atom. The maximum atomic E-state index is 12.4. The molecule has 1 heterocycles. The first-order chi connectivity index (χ1) is 9.74. The molecule has 3 heteroatoms. The van der Waals surface area contributed by atoms with Gasteiger partial charge in [-0.05, 0) is 31.9 Å². The van der Waals surface area contributed by atoms with Gasteiger partial charge in [-0.25, -0.2) is 0 Å². The Kier molecular flexibility index (Phi) is 3.68. The molecule has 0 bridgehead atoms. The SMILES string of the molecule is Cc1cc(NC(=O)C2CCCCC2)c2ccccc2n1. The molecule has 1 fully saturated rings. The van der Waals surface area contributed by atoms with E-state index in [0.717, 1.165) is 35.1 Å². The van der Waals surface area contributed by atoms with Gasteiger partial charge in [0, 0.05) is 17.0 Å². The number of benzene rings is 1. The first kappa shape index (κ1) is 13.1. The van der Waals surface area contributed by atoms with E-state index >= 15 is 0 Å². The van der Waals surface area contributed by atoms with Gasteiger partial charge in [0.1, 0.15) is 0 Å². The molecule has 0 radical (unpaired) electrons. The highest BCUT2D eigenvalue weighted by Crippen LogP contribution is 2.27. The third-order valence-electron chi connectivity index (χ3n) is 4.08. The quantitative estimate of drug-likeness (QED) is 0.892. The smallest absolute Gasteiger partial charge is 0.227 e. The predicted octanol–water partition coefficient (Wildman–Crippen LogP) is 4.06. The van der Waals surface area contributed by atoms with Crippen LogP contribution in [-0.2, 0) is 4.79 Å². The Hall–Kier alpha value is -1.90. The van der Waals surface area contributed by atoms with Crippen LogP contribution in [0.1, 0.15) is 37.8 Å². The average Bonchev–Trinajstić information content (AvgIpc) is 2.48. The van der Waals surface area contributed by atoms with E-state index in [1.807, 2.05) is 37.3 Å². The lowest BCUT2D eigenvalue weighted by Crippen LogP contribution is -2.24. The zero-order valence-electron chi connectivity index (χ0n) is 11.9. The van der Waals surface area contributed by atoms with Crippen LogP contribution < -0.4 is 5.32 Å². The number of fused-ring (bicyclic) bond motifs is 1. The van der Waals surface area contributed by atoms with E-state index < -0.39 is 0 Å². The van der Waals surface area contributed by atoms with Gasteiger partial charge in [-0.3, -0.25) is 9.78 Å². The second kappa shape index (κ2) is 5.61. The Bertz CT molecular complexity index is 630. The van der Waals surface area contributed by atoms with Crippen LogP contribution in [0, 0.1) is 12.8 Å². The Morgan fingerprint density at radius 3 is 2.75 bits per heavy atom. The number of hydrogen-bond donors (Lipinski definition) is 1. The predicted molar refractivity (Wildman–Crippen MR) is 81.7 cm³/mol. The second-order valence-electron chi connectivity index (χ2n) is 5.65. The highest BCUT2D eigenvalue weighted by Gasteiger charge is 2.21. The van der Waals surface area contributed by atoms with Gasteiger partial charge in [-0.1, -0.05) is 37.5 Å². The Labute approximate surface area is 119 Å². The van der Waals surface area contributed by atoms with E-state index in [1.54, 1.807) is 0 Å². The summed E-state index contributed by atoms with van der Waals surface area (Å²) in [4.78, 5) is 16.9. The third kappa shape index (κ3) is 2.67. The van der Waals surface area contributed by atoms with E-state index in [2.05, 4.69) is 10.3 Å². The van der Waals surface area contributed by atoms with Crippen LogP contribution in [-0.4, -0.2) is 10.9 Å². The molecule has 1 aliphatic rings. The van der Waals surface area contributed by atoms with Crippen LogP contribution >= 0.6 is 0 Å². The third-order valence-corrected chi connectivity index (χ3v) is 4.08.